The highest BCUT2D eigenvalue weighted by Gasteiger charge is 2.27. The van der Waals surface area contributed by atoms with Crippen molar-refractivity contribution in [1.82, 2.24) is 4.90 Å². The Hall–Kier alpha value is -0.685. The maximum Gasteiger partial charge on any atom is 0.488 e. The standard InChI is InChI=1S/C14H22BNO3S/c1-14(2)10-16(6-7-20-14)9-11-8-12(15(17)18)4-5-13(11)19-3/h4-5,8,17-18H,6-7,9-10H2,1-3H3. The molecule has 1 fully saturated rings. The Kier molecular flexibility index (Phi) is 5.02. The van der Waals surface area contributed by atoms with Gasteiger partial charge in [0, 0.05) is 35.7 Å². The predicted molar refractivity (Wildman–Crippen MR) is 84.6 cm³/mol. The average Bonchev–Trinajstić information content (AvgIpc) is 2.37. The zero-order valence-electron chi connectivity index (χ0n) is 12.3. The molecule has 20 heavy (non-hydrogen) atoms. The molecular weight excluding hydrogens is 273 g/mol. The number of hydrogen-bond acceptors (Lipinski definition) is 5. The van der Waals surface area contributed by atoms with Crippen LogP contribution in [0.2, 0.25) is 0 Å². The fourth-order valence-corrected chi connectivity index (χ4v) is 3.75. The number of methoxy groups -OCH3 is 1. The second-order valence-corrected chi connectivity index (χ2v) is 7.57. The zero-order valence-corrected chi connectivity index (χ0v) is 13.1. The fraction of sp³-hybridized carbons (Fsp3) is 0.571. The van der Waals surface area contributed by atoms with Gasteiger partial charge in [0.25, 0.3) is 0 Å². The molecule has 0 radical (unpaired) electrons. The van der Waals surface area contributed by atoms with Gasteiger partial charge in [-0.3, -0.25) is 4.90 Å². The van der Waals surface area contributed by atoms with E-state index in [-0.39, 0.29) is 4.75 Å². The fourth-order valence-electron chi connectivity index (χ4n) is 2.57. The lowest BCUT2D eigenvalue weighted by Gasteiger charge is -2.37. The smallest absolute Gasteiger partial charge is 0.488 e. The first-order valence-corrected chi connectivity index (χ1v) is 7.79. The average molecular weight is 295 g/mol. The number of hydrogen-bond donors (Lipinski definition) is 2. The van der Waals surface area contributed by atoms with E-state index in [1.54, 1.807) is 19.2 Å². The van der Waals surface area contributed by atoms with E-state index in [9.17, 15) is 10.0 Å². The minimum atomic E-state index is -1.44. The molecule has 2 N–H and O–H groups in total. The lowest BCUT2D eigenvalue weighted by atomic mass is 9.79. The number of nitrogens with zero attached hydrogens (tertiary/aromatic N) is 1. The molecule has 0 unspecified atom stereocenters. The maximum atomic E-state index is 9.30. The van der Waals surface area contributed by atoms with Gasteiger partial charge in [-0.2, -0.15) is 11.8 Å². The molecule has 1 aromatic carbocycles. The van der Waals surface area contributed by atoms with Crippen molar-refractivity contribution in [3.63, 3.8) is 0 Å². The second-order valence-electron chi connectivity index (χ2n) is 5.76. The van der Waals surface area contributed by atoms with Crippen molar-refractivity contribution in [3.8, 4) is 5.75 Å². The van der Waals surface area contributed by atoms with Crippen molar-refractivity contribution in [1.29, 1.82) is 0 Å². The van der Waals surface area contributed by atoms with Crippen LogP contribution in [0.1, 0.15) is 19.4 Å². The number of thioether (sulfide) groups is 1. The molecule has 1 aliphatic heterocycles. The zero-order chi connectivity index (χ0) is 14.8. The molecule has 0 saturated carbocycles. The normalized spacial score (nSPS) is 18.9. The van der Waals surface area contributed by atoms with Gasteiger partial charge >= 0.3 is 7.12 Å². The van der Waals surface area contributed by atoms with Crippen molar-refractivity contribution in [2.45, 2.75) is 25.1 Å². The van der Waals surface area contributed by atoms with E-state index in [1.165, 1.54) is 0 Å². The maximum absolute atomic E-state index is 9.30. The molecule has 110 valence electrons. The van der Waals surface area contributed by atoms with Crippen molar-refractivity contribution in [2.24, 2.45) is 0 Å². The van der Waals surface area contributed by atoms with Crippen LogP contribution in [-0.2, 0) is 6.54 Å². The highest BCUT2D eigenvalue weighted by Crippen LogP contribution is 2.31. The van der Waals surface area contributed by atoms with Crippen LogP contribution >= 0.6 is 11.8 Å². The molecule has 1 saturated heterocycles. The summed E-state index contributed by atoms with van der Waals surface area (Å²) in [6.45, 7) is 7.35. The van der Waals surface area contributed by atoms with Crippen molar-refractivity contribution in [3.05, 3.63) is 23.8 Å². The van der Waals surface area contributed by atoms with Gasteiger partial charge in [0.05, 0.1) is 7.11 Å². The first-order chi connectivity index (χ1) is 9.41. The lowest BCUT2D eigenvalue weighted by Crippen LogP contribution is -2.42. The molecule has 1 aliphatic rings. The van der Waals surface area contributed by atoms with Gasteiger partial charge in [-0.05, 0) is 25.4 Å². The molecule has 0 aromatic heterocycles. The van der Waals surface area contributed by atoms with Gasteiger partial charge in [-0.25, -0.2) is 0 Å². The van der Waals surface area contributed by atoms with Crippen molar-refractivity contribution >= 4 is 24.3 Å². The quantitative estimate of drug-likeness (QED) is 0.801. The SMILES string of the molecule is COc1ccc(B(O)O)cc1CN1CCSC(C)(C)C1. The summed E-state index contributed by atoms with van der Waals surface area (Å²) in [7, 11) is 0.206. The van der Waals surface area contributed by atoms with E-state index in [1.807, 2.05) is 17.8 Å². The molecule has 6 heteroatoms. The summed E-state index contributed by atoms with van der Waals surface area (Å²) < 4.78 is 5.64. The highest BCUT2D eigenvalue weighted by atomic mass is 32.2. The molecule has 2 rings (SSSR count). The highest BCUT2D eigenvalue weighted by molar-refractivity contribution is 8.00. The van der Waals surface area contributed by atoms with E-state index in [4.69, 9.17) is 4.74 Å². The van der Waals surface area contributed by atoms with Gasteiger partial charge in [0.1, 0.15) is 5.75 Å². The molecule has 0 bridgehead atoms. The Morgan fingerprint density at radius 2 is 2.15 bits per heavy atom. The Morgan fingerprint density at radius 3 is 2.75 bits per heavy atom. The first-order valence-electron chi connectivity index (χ1n) is 6.80. The van der Waals surface area contributed by atoms with Crippen LogP contribution in [0.4, 0.5) is 0 Å². The third-order valence-electron chi connectivity index (χ3n) is 3.50. The number of rotatable bonds is 4. The molecule has 1 heterocycles. The summed E-state index contributed by atoms with van der Waals surface area (Å²) in [5.41, 5.74) is 1.51. The van der Waals surface area contributed by atoms with E-state index in [0.29, 0.717) is 5.46 Å². The molecule has 0 aliphatic carbocycles. The van der Waals surface area contributed by atoms with E-state index < -0.39 is 7.12 Å². The molecule has 0 amide bonds. The Bertz CT molecular complexity index is 468. The molecular formula is C14H22BNO3S. The van der Waals surface area contributed by atoms with Gasteiger partial charge in [0.2, 0.25) is 0 Å². The van der Waals surface area contributed by atoms with E-state index >= 15 is 0 Å². The molecule has 4 nitrogen and oxygen atoms in total. The third kappa shape index (κ3) is 3.91. The van der Waals surface area contributed by atoms with Crippen LogP contribution in [0.15, 0.2) is 18.2 Å². The Labute approximate surface area is 125 Å². The summed E-state index contributed by atoms with van der Waals surface area (Å²) in [6.07, 6.45) is 0. The Morgan fingerprint density at radius 1 is 1.40 bits per heavy atom. The minimum Gasteiger partial charge on any atom is -0.496 e. The van der Waals surface area contributed by atoms with Crippen LogP contribution in [0.3, 0.4) is 0 Å². The van der Waals surface area contributed by atoms with E-state index in [0.717, 1.165) is 36.7 Å². The van der Waals surface area contributed by atoms with Gasteiger partial charge in [0.15, 0.2) is 0 Å². The minimum absolute atomic E-state index is 0.263. The number of ether oxygens (including phenoxy) is 1. The summed E-state index contributed by atoms with van der Waals surface area (Å²) >= 11 is 2.00. The van der Waals surface area contributed by atoms with Crippen LogP contribution in [-0.4, -0.2) is 52.8 Å². The van der Waals surface area contributed by atoms with E-state index in [2.05, 4.69) is 18.7 Å². The van der Waals surface area contributed by atoms with Crippen LogP contribution in [0.5, 0.6) is 5.75 Å². The van der Waals surface area contributed by atoms with Crippen LogP contribution in [0, 0.1) is 0 Å². The summed E-state index contributed by atoms with van der Waals surface area (Å²) in [6, 6.07) is 5.30. The van der Waals surface area contributed by atoms with Gasteiger partial charge in [-0.15, -0.1) is 0 Å². The summed E-state index contributed by atoms with van der Waals surface area (Å²) in [5, 5.41) is 18.6. The summed E-state index contributed by atoms with van der Waals surface area (Å²) in [4.78, 5) is 2.39. The first kappa shape index (κ1) is 15.7. The third-order valence-corrected chi connectivity index (χ3v) is 4.80. The number of benzene rings is 1. The topological polar surface area (TPSA) is 52.9 Å². The van der Waals surface area contributed by atoms with Crippen LogP contribution < -0.4 is 10.2 Å². The van der Waals surface area contributed by atoms with Gasteiger partial charge in [-0.1, -0.05) is 12.1 Å². The molecule has 0 atom stereocenters. The largest absolute Gasteiger partial charge is 0.496 e. The predicted octanol–water partition coefficient (Wildman–Crippen LogP) is 0.702. The molecule has 1 aromatic rings. The monoisotopic (exact) mass is 295 g/mol. The van der Waals surface area contributed by atoms with Crippen molar-refractivity contribution < 1.29 is 14.8 Å². The summed E-state index contributed by atoms with van der Waals surface area (Å²) in [5.74, 6) is 1.92. The Balaban J connectivity index is 2.16. The van der Waals surface area contributed by atoms with Crippen LogP contribution in [0.25, 0.3) is 0 Å². The van der Waals surface area contributed by atoms with Gasteiger partial charge < -0.3 is 14.8 Å². The van der Waals surface area contributed by atoms with Crippen molar-refractivity contribution in [2.75, 3.05) is 26.0 Å². The lowest BCUT2D eigenvalue weighted by molar-refractivity contribution is 0.248. The molecule has 0 spiro atoms. The second kappa shape index (κ2) is 6.39.